The van der Waals surface area contributed by atoms with E-state index in [1.165, 1.54) is 25.3 Å². The van der Waals surface area contributed by atoms with E-state index in [0.29, 0.717) is 0 Å². The summed E-state index contributed by atoms with van der Waals surface area (Å²) in [4.78, 5) is 10.7. The van der Waals surface area contributed by atoms with E-state index in [4.69, 9.17) is 5.11 Å². The van der Waals surface area contributed by atoms with E-state index >= 15 is 0 Å². The van der Waals surface area contributed by atoms with Crippen LogP contribution in [0, 0.1) is 0 Å². The van der Waals surface area contributed by atoms with E-state index in [1.807, 2.05) is 0 Å². The molecule has 0 atom stereocenters. The Morgan fingerprint density at radius 1 is 1.25 bits per heavy atom. The molecule has 0 bridgehead atoms. The van der Waals surface area contributed by atoms with Gasteiger partial charge in [0, 0.05) is 0 Å². The maximum absolute atomic E-state index is 10.7. The van der Waals surface area contributed by atoms with Gasteiger partial charge in [0.15, 0.2) is 0 Å². The molecule has 1 aromatic carbocycles. The van der Waals surface area contributed by atoms with Crippen molar-refractivity contribution in [3.63, 3.8) is 0 Å². The number of carbonyl (C=O) groups is 1. The smallest absolute Gasteiger partial charge is 0.339 e. The first-order chi connectivity index (χ1) is 7.65. The highest BCUT2D eigenvalue weighted by Crippen LogP contribution is 2.20. The monoisotopic (exact) mass is 222 g/mol. The Kier molecular flexibility index (Phi) is 4.83. The van der Waals surface area contributed by atoms with Crippen molar-refractivity contribution in [3.8, 4) is 5.75 Å². The standard InChI is InChI=1S/C13H18O3/c1-2-3-4-5-6-10-7-8-11(13(15)16)12(14)9-10/h7-9,14H,2-6H2,1H3,(H,15,16). The summed E-state index contributed by atoms with van der Waals surface area (Å²) in [5.41, 5.74) is 0.968. The van der Waals surface area contributed by atoms with Crippen LogP contribution in [0.4, 0.5) is 0 Å². The van der Waals surface area contributed by atoms with Crippen molar-refractivity contribution in [2.24, 2.45) is 0 Å². The second-order valence-corrected chi connectivity index (χ2v) is 3.97. The number of carboxylic acid groups (broad SMARTS) is 1. The van der Waals surface area contributed by atoms with Crippen molar-refractivity contribution >= 4 is 5.97 Å². The zero-order valence-corrected chi connectivity index (χ0v) is 9.57. The summed E-state index contributed by atoms with van der Waals surface area (Å²) in [5.74, 6) is -1.23. The van der Waals surface area contributed by atoms with Gasteiger partial charge in [0.2, 0.25) is 0 Å². The van der Waals surface area contributed by atoms with Crippen molar-refractivity contribution < 1.29 is 15.0 Å². The Balaban J connectivity index is 2.56. The Labute approximate surface area is 95.7 Å². The highest BCUT2D eigenvalue weighted by molar-refractivity contribution is 5.90. The van der Waals surface area contributed by atoms with Gasteiger partial charge in [-0.25, -0.2) is 4.79 Å². The zero-order valence-electron chi connectivity index (χ0n) is 9.57. The molecule has 0 saturated heterocycles. The lowest BCUT2D eigenvalue weighted by Crippen LogP contribution is -1.97. The molecule has 0 aliphatic rings. The minimum atomic E-state index is -1.09. The predicted octanol–water partition coefficient (Wildman–Crippen LogP) is 3.21. The molecule has 2 N–H and O–H groups in total. The Morgan fingerprint density at radius 2 is 2.00 bits per heavy atom. The largest absolute Gasteiger partial charge is 0.507 e. The number of rotatable bonds is 6. The van der Waals surface area contributed by atoms with Gasteiger partial charge < -0.3 is 10.2 Å². The van der Waals surface area contributed by atoms with E-state index in [2.05, 4.69) is 6.92 Å². The highest BCUT2D eigenvalue weighted by Gasteiger charge is 2.09. The first-order valence-corrected chi connectivity index (χ1v) is 5.70. The molecule has 0 amide bonds. The minimum absolute atomic E-state index is 0.0303. The Morgan fingerprint density at radius 3 is 2.56 bits per heavy atom. The second kappa shape index (κ2) is 6.16. The topological polar surface area (TPSA) is 57.5 Å². The summed E-state index contributed by atoms with van der Waals surface area (Å²) >= 11 is 0. The molecular weight excluding hydrogens is 204 g/mol. The first-order valence-electron chi connectivity index (χ1n) is 5.70. The molecule has 0 aromatic heterocycles. The summed E-state index contributed by atoms with van der Waals surface area (Å²) in [5, 5.41) is 18.2. The highest BCUT2D eigenvalue weighted by atomic mass is 16.4. The molecule has 0 aliphatic heterocycles. The fraction of sp³-hybridized carbons (Fsp3) is 0.462. The van der Waals surface area contributed by atoms with Crippen LogP contribution in [0.3, 0.4) is 0 Å². The molecule has 88 valence electrons. The van der Waals surface area contributed by atoms with Crippen LogP contribution in [0.1, 0.15) is 48.5 Å². The van der Waals surface area contributed by atoms with Crippen LogP contribution in [-0.4, -0.2) is 16.2 Å². The summed E-state index contributed by atoms with van der Waals surface area (Å²) in [7, 11) is 0. The molecule has 3 nitrogen and oxygen atoms in total. The molecule has 0 saturated carbocycles. The van der Waals surface area contributed by atoms with Crippen LogP contribution in [0.15, 0.2) is 18.2 Å². The number of unbranched alkanes of at least 4 members (excludes halogenated alkanes) is 3. The number of phenols is 1. The number of hydrogen-bond acceptors (Lipinski definition) is 2. The lowest BCUT2D eigenvalue weighted by molar-refractivity contribution is 0.0693. The minimum Gasteiger partial charge on any atom is -0.507 e. The molecule has 1 aromatic rings. The van der Waals surface area contributed by atoms with Gasteiger partial charge in [0.05, 0.1) is 0 Å². The van der Waals surface area contributed by atoms with Crippen molar-refractivity contribution in [1.29, 1.82) is 0 Å². The van der Waals surface area contributed by atoms with Crippen LogP contribution >= 0.6 is 0 Å². The number of aryl methyl sites for hydroxylation is 1. The molecule has 3 heteroatoms. The molecule has 1 rings (SSSR count). The van der Waals surface area contributed by atoms with Crippen LogP contribution in [-0.2, 0) is 6.42 Å². The molecule has 0 aliphatic carbocycles. The van der Waals surface area contributed by atoms with Gasteiger partial charge in [-0.15, -0.1) is 0 Å². The van der Waals surface area contributed by atoms with E-state index in [9.17, 15) is 9.90 Å². The molecule has 0 heterocycles. The van der Waals surface area contributed by atoms with Gasteiger partial charge in [-0.3, -0.25) is 0 Å². The fourth-order valence-corrected chi connectivity index (χ4v) is 1.67. The molecule has 0 fully saturated rings. The van der Waals surface area contributed by atoms with Gasteiger partial charge in [0.1, 0.15) is 11.3 Å². The maximum Gasteiger partial charge on any atom is 0.339 e. The average Bonchev–Trinajstić information content (AvgIpc) is 2.24. The quantitative estimate of drug-likeness (QED) is 0.726. The molecule has 16 heavy (non-hydrogen) atoms. The van der Waals surface area contributed by atoms with Gasteiger partial charge in [-0.1, -0.05) is 32.3 Å². The number of benzene rings is 1. The van der Waals surface area contributed by atoms with Crippen LogP contribution in [0.2, 0.25) is 0 Å². The Bertz CT molecular complexity index is 358. The summed E-state index contributed by atoms with van der Waals surface area (Å²) in [6.07, 6.45) is 5.58. The number of hydrogen-bond donors (Lipinski definition) is 2. The van der Waals surface area contributed by atoms with Crippen LogP contribution in [0.5, 0.6) is 5.75 Å². The SMILES string of the molecule is CCCCCCc1ccc(C(=O)O)c(O)c1. The molecule has 0 radical (unpaired) electrons. The van der Waals surface area contributed by atoms with Crippen LogP contribution in [0.25, 0.3) is 0 Å². The van der Waals surface area contributed by atoms with Crippen molar-refractivity contribution in [3.05, 3.63) is 29.3 Å². The lowest BCUT2D eigenvalue weighted by Gasteiger charge is -2.04. The van der Waals surface area contributed by atoms with E-state index in [1.54, 1.807) is 12.1 Å². The van der Waals surface area contributed by atoms with Gasteiger partial charge in [0.25, 0.3) is 0 Å². The molecule has 0 spiro atoms. The predicted molar refractivity (Wildman–Crippen MR) is 62.9 cm³/mol. The van der Waals surface area contributed by atoms with Gasteiger partial charge in [-0.2, -0.15) is 0 Å². The summed E-state index contributed by atoms with van der Waals surface area (Å²) in [6, 6.07) is 4.79. The van der Waals surface area contributed by atoms with E-state index < -0.39 is 5.97 Å². The normalized spacial score (nSPS) is 10.3. The van der Waals surface area contributed by atoms with Crippen molar-refractivity contribution in [1.82, 2.24) is 0 Å². The molecular formula is C13H18O3. The average molecular weight is 222 g/mol. The third-order valence-corrected chi connectivity index (χ3v) is 2.61. The van der Waals surface area contributed by atoms with E-state index in [0.717, 1.165) is 18.4 Å². The number of aromatic carboxylic acids is 1. The third kappa shape index (κ3) is 3.57. The van der Waals surface area contributed by atoms with Gasteiger partial charge in [-0.05, 0) is 30.5 Å². The maximum atomic E-state index is 10.7. The lowest BCUT2D eigenvalue weighted by atomic mass is 10.0. The summed E-state index contributed by atoms with van der Waals surface area (Å²) < 4.78 is 0. The summed E-state index contributed by atoms with van der Waals surface area (Å²) in [6.45, 7) is 2.16. The fourth-order valence-electron chi connectivity index (χ4n) is 1.67. The van der Waals surface area contributed by atoms with Crippen LogP contribution < -0.4 is 0 Å². The zero-order chi connectivity index (χ0) is 12.0. The second-order valence-electron chi connectivity index (χ2n) is 3.97. The number of aromatic hydroxyl groups is 1. The van der Waals surface area contributed by atoms with Crippen molar-refractivity contribution in [2.45, 2.75) is 39.0 Å². The Hall–Kier alpha value is -1.51. The molecule has 0 unspecified atom stereocenters. The van der Waals surface area contributed by atoms with Gasteiger partial charge >= 0.3 is 5.97 Å². The van der Waals surface area contributed by atoms with Crippen molar-refractivity contribution in [2.75, 3.05) is 0 Å². The first kappa shape index (κ1) is 12.6. The van der Waals surface area contributed by atoms with E-state index in [-0.39, 0.29) is 11.3 Å². The number of carboxylic acids is 1. The third-order valence-electron chi connectivity index (χ3n) is 2.61.